The van der Waals surface area contributed by atoms with Crippen molar-refractivity contribution in [1.82, 2.24) is 19.4 Å². The Morgan fingerprint density at radius 2 is 2.19 bits per heavy atom. The Bertz CT molecular complexity index is 595. The van der Waals surface area contributed by atoms with E-state index in [-0.39, 0.29) is 12.0 Å². The number of pyridine rings is 1. The van der Waals surface area contributed by atoms with Crippen molar-refractivity contribution in [3.63, 3.8) is 0 Å². The lowest BCUT2D eigenvalue weighted by atomic mass is 10.2. The van der Waals surface area contributed by atoms with Crippen molar-refractivity contribution < 1.29 is 9.90 Å². The smallest absolute Gasteiger partial charge is 0.255 e. The lowest BCUT2D eigenvalue weighted by molar-refractivity contribution is 0.0752. The average molecular weight is 286 g/mol. The molecule has 0 spiro atoms. The SMILES string of the molecule is O=C(c1ccc(-n2ccnc2)nc1)N1CCC[C@H](O)CC1. The molecule has 1 aliphatic rings. The van der Waals surface area contributed by atoms with Gasteiger partial charge in [-0.3, -0.25) is 9.36 Å². The van der Waals surface area contributed by atoms with E-state index in [0.717, 1.165) is 18.7 Å². The number of carbonyl (C=O) groups is 1. The van der Waals surface area contributed by atoms with Crippen molar-refractivity contribution in [2.24, 2.45) is 0 Å². The van der Waals surface area contributed by atoms with Gasteiger partial charge in [0.1, 0.15) is 12.1 Å². The summed E-state index contributed by atoms with van der Waals surface area (Å²) < 4.78 is 1.79. The van der Waals surface area contributed by atoms with Gasteiger partial charge in [-0.1, -0.05) is 0 Å². The zero-order valence-corrected chi connectivity index (χ0v) is 11.7. The summed E-state index contributed by atoms with van der Waals surface area (Å²) in [6, 6.07) is 3.59. The number of amides is 1. The van der Waals surface area contributed by atoms with E-state index in [9.17, 15) is 9.90 Å². The molecule has 110 valence electrons. The molecule has 1 amide bonds. The summed E-state index contributed by atoms with van der Waals surface area (Å²) in [4.78, 5) is 22.5. The van der Waals surface area contributed by atoms with Crippen molar-refractivity contribution in [3.8, 4) is 5.82 Å². The van der Waals surface area contributed by atoms with Gasteiger partial charge in [0.05, 0.1) is 11.7 Å². The molecule has 6 heteroatoms. The average Bonchev–Trinajstić information content (AvgIpc) is 2.96. The standard InChI is InChI=1S/C15H18N4O2/c20-13-2-1-7-18(8-5-13)15(21)12-3-4-14(17-10-12)19-9-6-16-11-19/h3-4,6,9-11,13,20H,1-2,5,7-8H2/t13-/m0/s1. The van der Waals surface area contributed by atoms with Gasteiger partial charge < -0.3 is 10.0 Å². The highest BCUT2D eigenvalue weighted by Crippen LogP contribution is 2.14. The van der Waals surface area contributed by atoms with Gasteiger partial charge in [0.15, 0.2) is 0 Å². The molecular weight excluding hydrogens is 268 g/mol. The second-order valence-electron chi connectivity index (χ2n) is 5.25. The zero-order valence-electron chi connectivity index (χ0n) is 11.7. The zero-order chi connectivity index (χ0) is 14.7. The number of hydrogen-bond donors (Lipinski definition) is 1. The van der Waals surface area contributed by atoms with Crippen LogP contribution in [-0.2, 0) is 0 Å². The molecule has 2 aromatic heterocycles. The van der Waals surface area contributed by atoms with Crippen LogP contribution in [0.2, 0.25) is 0 Å². The fourth-order valence-electron chi connectivity index (χ4n) is 2.52. The first-order valence-electron chi connectivity index (χ1n) is 7.16. The molecule has 1 atom stereocenters. The summed E-state index contributed by atoms with van der Waals surface area (Å²) in [5.41, 5.74) is 0.579. The Kier molecular flexibility index (Phi) is 3.96. The number of aliphatic hydroxyl groups excluding tert-OH is 1. The van der Waals surface area contributed by atoms with Crippen LogP contribution in [-0.4, -0.2) is 49.6 Å². The Balaban J connectivity index is 1.73. The molecule has 3 heterocycles. The summed E-state index contributed by atoms with van der Waals surface area (Å²) in [5.74, 6) is 0.712. The predicted molar refractivity (Wildman–Crippen MR) is 77.1 cm³/mol. The van der Waals surface area contributed by atoms with Crippen LogP contribution in [0.5, 0.6) is 0 Å². The van der Waals surface area contributed by atoms with Crippen molar-refractivity contribution in [2.75, 3.05) is 13.1 Å². The van der Waals surface area contributed by atoms with Gasteiger partial charge in [0.25, 0.3) is 5.91 Å². The van der Waals surface area contributed by atoms with Crippen LogP contribution in [0.15, 0.2) is 37.1 Å². The third-order valence-corrected chi connectivity index (χ3v) is 3.75. The maximum Gasteiger partial charge on any atom is 0.255 e. The van der Waals surface area contributed by atoms with E-state index in [1.165, 1.54) is 0 Å². The first kappa shape index (κ1) is 13.8. The van der Waals surface area contributed by atoms with E-state index in [1.807, 2.05) is 6.07 Å². The Morgan fingerprint density at radius 3 is 2.90 bits per heavy atom. The van der Waals surface area contributed by atoms with Crippen molar-refractivity contribution in [3.05, 3.63) is 42.6 Å². The van der Waals surface area contributed by atoms with Crippen LogP contribution in [0.25, 0.3) is 5.82 Å². The molecule has 0 unspecified atom stereocenters. The van der Waals surface area contributed by atoms with Crippen LogP contribution in [0.4, 0.5) is 0 Å². The van der Waals surface area contributed by atoms with Gasteiger partial charge in [0, 0.05) is 31.7 Å². The first-order chi connectivity index (χ1) is 10.2. The number of nitrogens with zero attached hydrogens (tertiary/aromatic N) is 4. The molecular formula is C15H18N4O2. The minimum Gasteiger partial charge on any atom is -0.393 e. The van der Waals surface area contributed by atoms with E-state index >= 15 is 0 Å². The minimum absolute atomic E-state index is 0.0196. The molecule has 0 aliphatic carbocycles. The number of aromatic nitrogens is 3. The molecule has 6 nitrogen and oxygen atoms in total. The molecule has 0 aromatic carbocycles. The minimum atomic E-state index is -0.287. The van der Waals surface area contributed by atoms with E-state index in [4.69, 9.17) is 0 Å². The summed E-state index contributed by atoms with van der Waals surface area (Å²) in [7, 11) is 0. The number of likely N-dealkylation sites (tertiary alicyclic amines) is 1. The summed E-state index contributed by atoms with van der Waals surface area (Å²) >= 11 is 0. The Hall–Kier alpha value is -2.21. The van der Waals surface area contributed by atoms with Crippen molar-refractivity contribution >= 4 is 5.91 Å². The van der Waals surface area contributed by atoms with Gasteiger partial charge >= 0.3 is 0 Å². The number of aliphatic hydroxyl groups is 1. The van der Waals surface area contributed by atoms with E-state index in [2.05, 4.69) is 9.97 Å². The molecule has 3 rings (SSSR count). The molecule has 1 aliphatic heterocycles. The van der Waals surface area contributed by atoms with Crippen LogP contribution in [0.3, 0.4) is 0 Å². The van der Waals surface area contributed by atoms with Crippen LogP contribution in [0, 0.1) is 0 Å². The lowest BCUT2D eigenvalue weighted by Gasteiger charge is -2.20. The van der Waals surface area contributed by atoms with Crippen LogP contribution in [0.1, 0.15) is 29.6 Å². The van der Waals surface area contributed by atoms with Gasteiger partial charge in [-0.05, 0) is 31.4 Å². The maximum atomic E-state index is 12.4. The topological polar surface area (TPSA) is 71.2 Å². The van der Waals surface area contributed by atoms with Gasteiger partial charge in [0.2, 0.25) is 0 Å². The van der Waals surface area contributed by atoms with Gasteiger partial charge in [-0.15, -0.1) is 0 Å². The van der Waals surface area contributed by atoms with E-state index in [1.54, 1.807) is 40.5 Å². The monoisotopic (exact) mass is 286 g/mol. The normalized spacial score (nSPS) is 19.3. The Morgan fingerprint density at radius 1 is 1.29 bits per heavy atom. The molecule has 1 fully saturated rings. The van der Waals surface area contributed by atoms with E-state index < -0.39 is 0 Å². The molecule has 2 aromatic rings. The highest BCUT2D eigenvalue weighted by molar-refractivity contribution is 5.94. The highest BCUT2D eigenvalue weighted by Gasteiger charge is 2.20. The quantitative estimate of drug-likeness (QED) is 0.902. The van der Waals surface area contributed by atoms with Crippen molar-refractivity contribution in [1.29, 1.82) is 0 Å². The molecule has 0 radical (unpaired) electrons. The first-order valence-corrected chi connectivity index (χ1v) is 7.16. The molecule has 21 heavy (non-hydrogen) atoms. The van der Waals surface area contributed by atoms with Crippen LogP contribution >= 0.6 is 0 Å². The van der Waals surface area contributed by atoms with Crippen molar-refractivity contribution in [2.45, 2.75) is 25.4 Å². The predicted octanol–water partition coefficient (Wildman–Crippen LogP) is 1.25. The molecule has 0 saturated carbocycles. The lowest BCUT2D eigenvalue weighted by Crippen LogP contribution is -2.32. The molecule has 1 saturated heterocycles. The van der Waals surface area contributed by atoms with Gasteiger partial charge in [-0.2, -0.15) is 0 Å². The highest BCUT2D eigenvalue weighted by atomic mass is 16.3. The van der Waals surface area contributed by atoms with Crippen LogP contribution < -0.4 is 0 Å². The summed E-state index contributed by atoms with van der Waals surface area (Å²) in [5, 5.41) is 9.64. The molecule has 1 N–H and O–H groups in total. The third-order valence-electron chi connectivity index (χ3n) is 3.75. The number of imidazole rings is 1. The summed E-state index contributed by atoms with van der Waals surface area (Å²) in [6.07, 6.45) is 8.72. The third kappa shape index (κ3) is 3.11. The number of carbonyl (C=O) groups excluding carboxylic acids is 1. The number of hydrogen-bond acceptors (Lipinski definition) is 4. The second-order valence-corrected chi connectivity index (χ2v) is 5.25. The number of rotatable bonds is 2. The Labute approximate surface area is 123 Å². The fraction of sp³-hybridized carbons (Fsp3) is 0.400. The van der Waals surface area contributed by atoms with Gasteiger partial charge in [-0.25, -0.2) is 9.97 Å². The van der Waals surface area contributed by atoms with E-state index in [0.29, 0.717) is 25.1 Å². The largest absolute Gasteiger partial charge is 0.393 e. The fourth-order valence-corrected chi connectivity index (χ4v) is 2.52. The second kappa shape index (κ2) is 6.05. The maximum absolute atomic E-state index is 12.4. The summed E-state index contributed by atoms with van der Waals surface area (Å²) in [6.45, 7) is 1.29. The molecule has 0 bridgehead atoms.